The SMILES string of the molecule is NC(=NCc1cccc2ccccc12)Nc1ccc2c(c1)OCCCO2. The van der Waals surface area contributed by atoms with Gasteiger partial charge >= 0.3 is 0 Å². The van der Waals surface area contributed by atoms with Crippen molar-refractivity contribution in [1.29, 1.82) is 0 Å². The number of nitrogens with one attached hydrogen (secondary N) is 1. The number of hydrogen-bond donors (Lipinski definition) is 2. The van der Waals surface area contributed by atoms with Crippen LogP contribution in [0.1, 0.15) is 12.0 Å². The third kappa shape index (κ3) is 3.57. The van der Waals surface area contributed by atoms with Crippen LogP contribution in [0.4, 0.5) is 5.69 Å². The summed E-state index contributed by atoms with van der Waals surface area (Å²) in [6.45, 7) is 1.85. The third-order valence-electron chi connectivity index (χ3n) is 4.32. The van der Waals surface area contributed by atoms with Crippen molar-refractivity contribution >= 4 is 22.4 Å². The Balaban J connectivity index is 1.49. The van der Waals surface area contributed by atoms with E-state index >= 15 is 0 Å². The molecule has 0 aromatic heterocycles. The zero-order chi connectivity index (χ0) is 17.8. The molecule has 0 radical (unpaired) electrons. The van der Waals surface area contributed by atoms with Crippen LogP contribution in [0.15, 0.2) is 65.7 Å². The summed E-state index contributed by atoms with van der Waals surface area (Å²) >= 11 is 0. The summed E-state index contributed by atoms with van der Waals surface area (Å²) in [6, 6.07) is 20.2. The van der Waals surface area contributed by atoms with Crippen molar-refractivity contribution in [3.8, 4) is 11.5 Å². The van der Waals surface area contributed by atoms with Gasteiger partial charge in [-0.25, -0.2) is 4.99 Å². The van der Waals surface area contributed by atoms with Gasteiger partial charge in [-0.2, -0.15) is 0 Å². The van der Waals surface area contributed by atoms with E-state index in [0.29, 0.717) is 25.7 Å². The van der Waals surface area contributed by atoms with Crippen molar-refractivity contribution in [2.45, 2.75) is 13.0 Å². The van der Waals surface area contributed by atoms with Crippen LogP contribution in [0.25, 0.3) is 10.8 Å². The van der Waals surface area contributed by atoms with Crippen molar-refractivity contribution < 1.29 is 9.47 Å². The van der Waals surface area contributed by atoms with Crippen LogP contribution in [-0.2, 0) is 6.54 Å². The Kier molecular flexibility index (Phi) is 4.60. The van der Waals surface area contributed by atoms with Crippen molar-refractivity contribution in [3.05, 3.63) is 66.2 Å². The molecule has 0 unspecified atom stereocenters. The Bertz CT molecular complexity index is 948. The van der Waals surface area contributed by atoms with Gasteiger partial charge in [0.05, 0.1) is 19.8 Å². The average molecular weight is 347 g/mol. The summed E-state index contributed by atoms with van der Waals surface area (Å²) in [6.07, 6.45) is 0.881. The van der Waals surface area contributed by atoms with Crippen molar-refractivity contribution in [2.24, 2.45) is 10.7 Å². The lowest BCUT2D eigenvalue weighted by atomic mass is 10.1. The maximum atomic E-state index is 6.07. The molecule has 5 heteroatoms. The zero-order valence-corrected chi connectivity index (χ0v) is 14.4. The molecule has 0 saturated heterocycles. The molecule has 1 aliphatic rings. The molecule has 0 saturated carbocycles. The van der Waals surface area contributed by atoms with Crippen LogP contribution in [0.5, 0.6) is 11.5 Å². The molecule has 5 nitrogen and oxygen atoms in total. The monoisotopic (exact) mass is 347 g/mol. The van der Waals surface area contributed by atoms with Gasteiger partial charge in [0.25, 0.3) is 0 Å². The Morgan fingerprint density at radius 3 is 2.69 bits per heavy atom. The van der Waals surface area contributed by atoms with Gasteiger partial charge in [0.1, 0.15) is 0 Å². The fourth-order valence-corrected chi connectivity index (χ4v) is 3.03. The van der Waals surface area contributed by atoms with E-state index in [1.54, 1.807) is 0 Å². The van der Waals surface area contributed by atoms with Crippen molar-refractivity contribution in [3.63, 3.8) is 0 Å². The molecule has 0 bridgehead atoms. The van der Waals surface area contributed by atoms with Gasteiger partial charge in [-0.3, -0.25) is 0 Å². The second-order valence-electron chi connectivity index (χ2n) is 6.18. The van der Waals surface area contributed by atoms with Crippen molar-refractivity contribution in [1.82, 2.24) is 0 Å². The molecule has 3 N–H and O–H groups in total. The Labute approximate surface area is 152 Å². The maximum Gasteiger partial charge on any atom is 0.193 e. The summed E-state index contributed by atoms with van der Waals surface area (Å²) < 4.78 is 11.3. The number of aliphatic imine (C=N–C) groups is 1. The van der Waals surface area contributed by atoms with E-state index in [9.17, 15) is 0 Å². The lowest BCUT2D eigenvalue weighted by Crippen LogP contribution is -2.22. The number of nitrogens with two attached hydrogens (primary N) is 1. The first-order valence-electron chi connectivity index (χ1n) is 8.73. The van der Waals surface area contributed by atoms with Gasteiger partial charge in [-0.1, -0.05) is 42.5 Å². The van der Waals surface area contributed by atoms with Gasteiger partial charge < -0.3 is 20.5 Å². The number of anilines is 1. The van der Waals surface area contributed by atoms with Gasteiger partial charge in [-0.15, -0.1) is 0 Å². The number of ether oxygens (including phenoxy) is 2. The largest absolute Gasteiger partial charge is 0.490 e. The zero-order valence-electron chi connectivity index (χ0n) is 14.4. The van der Waals surface area contributed by atoms with Crippen LogP contribution in [0.2, 0.25) is 0 Å². The Morgan fingerprint density at radius 2 is 1.77 bits per heavy atom. The number of benzene rings is 3. The predicted molar refractivity (Wildman–Crippen MR) is 105 cm³/mol. The molecule has 4 rings (SSSR count). The van der Waals surface area contributed by atoms with Crippen LogP contribution in [0, 0.1) is 0 Å². The molecule has 132 valence electrons. The van der Waals surface area contributed by atoms with Gasteiger partial charge in [-0.05, 0) is 28.5 Å². The number of hydrogen-bond acceptors (Lipinski definition) is 3. The molecule has 0 atom stereocenters. The second-order valence-corrected chi connectivity index (χ2v) is 6.18. The lowest BCUT2D eigenvalue weighted by Gasteiger charge is -2.11. The average Bonchev–Trinajstić information content (AvgIpc) is 2.91. The topological polar surface area (TPSA) is 68.9 Å². The van der Waals surface area contributed by atoms with Crippen LogP contribution in [-0.4, -0.2) is 19.2 Å². The minimum absolute atomic E-state index is 0.368. The molecular weight excluding hydrogens is 326 g/mol. The fourth-order valence-electron chi connectivity index (χ4n) is 3.03. The van der Waals surface area contributed by atoms with Crippen molar-refractivity contribution in [2.75, 3.05) is 18.5 Å². The first kappa shape index (κ1) is 16.3. The Hall–Kier alpha value is -3.21. The molecule has 0 amide bonds. The van der Waals surface area contributed by atoms with Gasteiger partial charge in [0.2, 0.25) is 0 Å². The highest BCUT2D eigenvalue weighted by Gasteiger charge is 2.11. The first-order valence-corrected chi connectivity index (χ1v) is 8.73. The Morgan fingerprint density at radius 1 is 0.962 bits per heavy atom. The van der Waals surface area contributed by atoms with Crippen LogP contribution >= 0.6 is 0 Å². The highest BCUT2D eigenvalue weighted by atomic mass is 16.5. The summed E-state index contributed by atoms with van der Waals surface area (Å²) in [5.41, 5.74) is 8.04. The predicted octanol–water partition coefficient (Wildman–Crippen LogP) is 3.93. The molecule has 0 aliphatic carbocycles. The van der Waals surface area contributed by atoms with E-state index in [2.05, 4.69) is 34.6 Å². The maximum absolute atomic E-state index is 6.07. The van der Waals surface area contributed by atoms with E-state index in [1.807, 2.05) is 36.4 Å². The fraction of sp³-hybridized carbons (Fsp3) is 0.190. The summed E-state index contributed by atoms with van der Waals surface area (Å²) in [4.78, 5) is 4.48. The quantitative estimate of drug-likeness (QED) is 0.556. The summed E-state index contributed by atoms with van der Waals surface area (Å²) in [5.74, 6) is 1.86. The highest BCUT2D eigenvalue weighted by molar-refractivity contribution is 5.93. The molecule has 1 aliphatic heterocycles. The minimum Gasteiger partial charge on any atom is -0.490 e. The molecule has 0 fully saturated rings. The number of rotatable bonds is 3. The molecule has 26 heavy (non-hydrogen) atoms. The van der Waals surface area contributed by atoms with E-state index in [4.69, 9.17) is 15.2 Å². The van der Waals surface area contributed by atoms with Crippen LogP contribution < -0.4 is 20.5 Å². The van der Waals surface area contributed by atoms with Crippen LogP contribution in [0.3, 0.4) is 0 Å². The summed E-state index contributed by atoms with van der Waals surface area (Å²) in [5, 5.41) is 5.52. The smallest absolute Gasteiger partial charge is 0.193 e. The number of guanidine groups is 1. The minimum atomic E-state index is 0.368. The summed E-state index contributed by atoms with van der Waals surface area (Å²) in [7, 11) is 0. The van der Waals surface area contributed by atoms with Gasteiger partial charge in [0, 0.05) is 18.2 Å². The van der Waals surface area contributed by atoms with Gasteiger partial charge in [0.15, 0.2) is 17.5 Å². The standard InChI is InChI=1S/C21H21N3O2/c22-21(23-14-16-7-3-6-15-5-1-2-8-18(15)16)24-17-9-10-19-20(13-17)26-12-4-11-25-19/h1-3,5-10,13H,4,11-12,14H2,(H3,22,23,24). The molecule has 3 aromatic rings. The van der Waals surface area contributed by atoms with E-state index in [1.165, 1.54) is 10.8 Å². The number of fused-ring (bicyclic) bond motifs is 2. The molecule has 3 aromatic carbocycles. The number of nitrogens with zero attached hydrogens (tertiary/aromatic N) is 1. The molecule has 0 spiro atoms. The normalized spacial score (nSPS) is 14.1. The van der Waals surface area contributed by atoms with E-state index in [0.717, 1.165) is 29.2 Å². The highest BCUT2D eigenvalue weighted by Crippen LogP contribution is 2.32. The molecule has 1 heterocycles. The van der Waals surface area contributed by atoms with E-state index < -0.39 is 0 Å². The molecular formula is C21H21N3O2. The third-order valence-corrected chi connectivity index (χ3v) is 4.32. The van der Waals surface area contributed by atoms with E-state index in [-0.39, 0.29) is 0 Å². The first-order chi connectivity index (χ1) is 12.8. The second kappa shape index (κ2) is 7.35. The lowest BCUT2D eigenvalue weighted by molar-refractivity contribution is 0.297.